The van der Waals surface area contributed by atoms with Gasteiger partial charge < -0.3 is 0 Å². The highest BCUT2D eigenvalue weighted by molar-refractivity contribution is 7.58. The van der Waals surface area contributed by atoms with Gasteiger partial charge in [-0.2, -0.15) is 0 Å². The van der Waals surface area contributed by atoms with Crippen LogP contribution in [0.15, 0.2) is 0 Å². The third-order valence-electron chi connectivity index (χ3n) is 1.67. The van der Waals surface area contributed by atoms with Gasteiger partial charge in [-0.25, -0.2) is 0 Å². The molecule has 0 saturated carbocycles. The fraction of sp³-hybridized carbons (Fsp3) is 1.00. The molecule has 0 aromatic rings. The molecule has 2 radical (unpaired) electrons. The first-order chi connectivity index (χ1) is 5.84. The van der Waals surface area contributed by atoms with Crippen molar-refractivity contribution in [2.75, 3.05) is 0 Å². The molecule has 0 saturated heterocycles. The van der Waals surface area contributed by atoms with E-state index in [1.807, 2.05) is 0 Å². The molecule has 0 aliphatic carbocycles. The molecule has 0 spiro atoms. The first kappa shape index (κ1) is 14.4. The molecule has 0 fully saturated rings. The topological polar surface area (TPSA) is 14.1 Å². The summed E-state index contributed by atoms with van der Waals surface area (Å²) in [6.07, 6.45) is 0. The SMILES string of the molecule is CC(C)(C)[N+]P(C(C)(C)C)C(C)(C)C. The smallest absolute Gasteiger partial charge is 0.0505 e. The summed E-state index contributed by atoms with van der Waals surface area (Å²) in [4.78, 5) is 0. The molecule has 0 aromatic carbocycles. The second kappa shape index (κ2) is 4.10. The first-order valence-corrected chi connectivity index (χ1v) is 6.67. The van der Waals surface area contributed by atoms with Crippen molar-refractivity contribution in [2.45, 2.75) is 78.2 Å². The minimum absolute atomic E-state index is 0.0895. The van der Waals surface area contributed by atoms with Gasteiger partial charge in [0.25, 0.3) is 0 Å². The van der Waals surface area contributed by atoms with Gasteiger partial charge in [0.05, 0.1) is 5.09 Å². The standard InChI is InChI=1S/C12H27NP/c1-10(2,3)13-14(11(4,5)6)12(7,8)9/h1-9H3/q+1. The van der Waals surface area contributed by atoms with E-state index in [1.165, 1.54) is 0 Å². The molecule has 14 heavy (non-hydrogen) atoms. The van der Waals surface area contributed by atoms with Gasteiger partial charge in [-0.05, 0) is 0 Å². The van der Waals surface area contributed by atoms with E-state index in [0.717, 1.165) is 0 Å². The van der Waals surface area contributed by atoms with Crippen molar-refractivity contribution < 1.29 is 0 Å². The average Bonchev–Trinajstić information content (AvgIpc) is 1.75. The molecule has 0 amide bonds. The zero-order valence-electron chi connectivity index (χ0n) is 11.4. The highest BCUT2D eigenvalue weighted by atomic mass is 31.1. The van der Waals surface area contributed by atoms with E-state index >= 15 is 0 Å². The summed E-state index contributed by atoms with van der Waals surface area (Å²) < 4.78 is 0. The Balaban J connectivity index is 4.78. The van der Waals surface area contributed by atoms with Crippen LogP contribution in [0.25, 0.3) is 0 Å². The summed E-state index contributed by atoms with van der Waals surface area (Å²) in [5, 5.41) is 5.63. The van der Waals surface area contributed by atoms with Gasteiger partial charge in [0.15, 0.2) is 5.54 Å². The van der Waals surface area contributed by atoms with E-state index in [9.17, 15) is 0 Å². The highest BCUT2D eigenvalue weighted by Crippen LogP contribution is 2.58. The van der Waals surface area contributed by atoms with E-state index in [0.29, 0.717) is 10.3 Å². The van der Waals surface area contributed by atoms with Crippen LogP contribution in [0, 0.1) is 0 Å². The van der Waals surface area contributed by atoms with Gasteiger partial charge >= 0.3 is 0 Å². The van der Waals surface area contributed by atoms with Crippen molar-refractivity contribution in [1.29, 1.82) is 0 Å². The lowest BCUT2D eigenvalue weighted by Gasteiger charge is -2.32. The quantitative estimate of drug-likeness (QED) is 0.577. The van der Waals surface area contributed by atoms with Crippen molar-refractivity contribution in [2.24, 2.45) is 0 Å². The molecule has 0 unspecified atom stereocenters. The number of hydrogen-bond acceptors (Lipinski definition) is 0. The van der Waals surface area contributed by atoms with Gasteiger partial charge in [-0.1, -0.05) is 41.5 Å². The summed E-state index contributed by atoms with van der Waals surface area (Å²) in [6.45, 7) is 20.4. The predicted molar refractivity (Wildman–Crippen MR) is 68.3 cm³/mol. The average molecular weight is 216 g/mol. The Morgan fingerprint density at radius 3 is 1.00 bits per heavy atom. The van der Waals surface area contributed by atoms with Crippen molar-refractivity contribution in [3.63, 3.8) is 0 Å². The number of rotatable bonds is 1. The summed E-state index contributed by atoms with van der Waals surface area (Å²) >= 11 is 0. The predicted octanol–water partition coefficient (Wildman–Crippen LogP) is 4.38. The van der Waals surface area contributed by atoms with Gasteiger partial charge in [-0.15, -0.1) is 0 Å². The second-order valence-corrected chi connectivity index (χ2v) is 10.4. The Morgan fingerprint density at radius 1 is 0.643 bits per heavy atom. The van der Waals surface area contributed by atoms with E-state index in [-0.39, 0.29) is 13.6 Å². The Hall–Kier alpha value is 0.390. The molecular weight excluding hydrogens is 189 g/mol. The molecule has 0 atom stereocenters. The lowest BCUT2D eigenvalue weighted by atomic mass is 10.1. The maximum Gasteiger partial charge on any atom is 0.233 e. The molecule has 0 heterocycles. The minimum atomic E-state index is -0.306. The molecule has 0 aromatic heterocycles. The lowest BCUT2D eigenvalue weighted by Crippen LogP contribution is -2.37. The van der Waals surface area contributed by atoms with E-state index in [1.54, 1.807) is 0 Å². The van der Waals surface area contributed by atoms with Crippen LogP contribution in [-0.4, -0.2) is 15.9 Å². The zero-order valence-corrected chi connectivity index (χ0v) is 12.3. The third-order valence-corrected chi connectivity index (χ3v) is 5.01. The maximum atomic E-state index is 5.02. The van der Waals surface area contributed by atoms with Crippen LogP contribution in [0.4, 0.5) is 0 Å². The lowest BCUT2D eigenvalue weighted by molar-refractivity contribution is 0.501. The minimum Gasteiger partial charge on any atom is -0.0505 e. The highest BCUT2D eigenvalue weighted by Gasteiger charge is 2.50. The molecule has 0 bridgehead atoms. The van der Waals surface area contributed by atoms with Crippen LogP contribution >= 0.6 is 8.07 Å². The maximum absolute atomic E-state index is 5.02. The molecule has 0 N–H and O–H groups in total. The molecule has 1 nitrogen and oxygen atoms in total. The molecule has 0 rings (SSSR count). The van der Waals surface area contributed by atoms with Crippen molar-refractivity contribution >= 4 is 8.07 Å². The Labute approximate surface area is 91.9 Å². The Kier molecular flexibility index (Phi) is 4.21. The van der Waals surface area contributed by atoms with Gasteiger partial charge in [0, 0.05) is 31.1 Å². The van der Waals surface area contributed by atoms with Gasteiger partial charge in [-0.3, -0.25) is 0 Å². The van der Waals surface area contributed by atoms with E-state index in [4.69, 9.17) is 5.09 Å². The first-order valence-electron chi connectivity index (χ1n) is 5.37. The van der Waals surface area contributed by atoms with Crippen LogP contribution in [0.5, 0.6) is 0 Å². The van der Waals surface area contributed by atoms with E-state index < -0.39 is 0 Å². The monoisotopic (exact) mass is 216 g/mol. The van der Waals surface area contributed by atoms with Crippen LogP contribution in [0.3, 0.4) is 0 Å². The van der Waals surface area contributed by atoms with Crippen LogP contribution < -0.4 is 5.09 Å². The largest absolute Gasteiger partial charge is 0.233 e. The summed E-state index contributed by atoms with van der Waals surface area (Å²) in [5.74, 6) is 0. The zero-order chi connectivity index (χ0) is 11.8. The van der Waals surface area contributed by atoms with Crippen molar-refractivity contribution in [3.05, 3.63) is 0 Å². The summed E-state index contributed by atoms with van der Waals surface area (Å²) in [5.41, 5.74) is 0.0895. The fourth-order valence-corrected chi connectivity index (χ4v) is 4.82. The molecule has 0 aliphatic rings. The van der Waals surface area contributed by atoms with Crippen LogP contribution in [0.1, 0.15) is 62.3 Å². The Bertz CT molecular complexity index is 164. The second-order valence-electron chi connectivity index (χ2n) is 6.92. The fourth-order valence-electron chi connectivity index (χ4n) is 1.61. The summed E-state index contributed by atoms with van der Waals surface area (Å²) in [6, 6.07) is 0. The van der Waals surface area contributed by atoms with Crippen LogP contribution in [-0.2, 0) is 0 Å². The van der Waals surface area contributed by atoms with Gasteiger partial charge in [0.1, 0.15) is 0 Å². The summed E-state index contributed by atoms with van der Waals surface area (Å²) in [7, 11) is -0.306. The number of nitrogens with zero attached hydrogens (tertiary/aromatic N) is 1. The van der Waals surface area contributed by atoms with Crippen LogP contribution in [0.2, 0.25) is 0 Å². The third kappa shape index (κ3) is 5.32. The normalized spacial score (nSPS) is 15.0. The molecular formula is C12H27NP+. The molecule has 84 valence electrons. The van der Waals surface area contributed by atoms with Crippen molar-refractivity contribution in [3.8, 4) is 0 Å². The molecule has 0 aliphatic heterocycles. The number of hydrogen-bond donors (Lipinski definition) is 0. The molecule has 2 heteroatoms. The van der Waals surface area contributed by atoms with Gasteiger partial charge in [0.2, 0.25) is 8.07 Å². The van der Waals surface area contributed by atoms with Crippen molar-refractivity contribution in [1.82, 2.24) is 5.09 Å². The van der Waals surface area contributed by atoms with E-state index in [2.05, 4.69) is 62.3 Å². The Morgan fingerprint density at radius 2 is 0.929 bits per heavy atom.